The van der Waals surface area contributed by atoms with Crippen molar-refractivity contribution in [2.75, 3.05) is 6.54 Å². The highest BCUT2D eigenvalue weighted by Crippen LogP contribution is 2.10. The Morgan fingerprint density at radius 2 is 1.88 bits per heavy atom. The molecule has 0 aliphatic carbocycles. The molecule has 1 rings (SSSR count). The molecule has 0 aliphatic rings. The lowest BCUT2D eigenvalue weighted by atomic mass is 10.1. The zero-order valence-corrected chi connectivity index (χ0v) is 15.0. The lowest BCUT2D eigenvalue weighted by molar-refractivity contribution is -0.490. The first-order valence-corrected chi connectivity index (χ1v) is 8.07. The smallest absolute Gasteiger partial charge is 0.408 e. The number of carbonyl (C=O) groups excluding carboxylic acids is 2. The molecule has 0 aliphatic heterocycles. The van der Waals surface area contributed by atoms with Gasteiger partial charge in [0.05, 0.1) is 0 Å². The van der Waals surface area contributed by atoms with Crippen molar-refractivity contribution in [1.29, 1.82) is 0 Å². The molecule has 1 amide bonds. The van der Waals surface area contributed by atoms with E-state index in [-0.39, 0.29) is 13.0 Å². The summed E-state index contributed by atoms with van der Waals surface area (Å²) < 4.78 is 10.2. The summed E-state index contributed by atoms with van der Waals surface area (Å²) >= 11 is 0. The molecule has 0 fully saturated rings. The molecular weight excluding hydrogens is 344 g/mol. The molecule has 1 aromatic rings. The summed E-state index contributed by atoms with van der Waals surface area (Å²) in [4.78, 5) is 34.0. The van der Waals surface area contributed by atoms with Crippen LogP contribution in [0.2, 0.25) is 0 Å². The molecule has 144 valence electrons. The van der Waals surface area contributed by atoms with Crippen molar-refractivity contribution in [2.24, 2.45) is 0 Å². The molecule has 26 heavy (non-hydrogen) atoms. The third-order valence-electron chi connectivity index (χ3n) is 3.07. The first kappa shape index (κ1) is 21.4. The Morgan fingerprint density at radius 3 is 2.42 bits per heavy atom. The molecule has 0 radical (unpaired) electrons. The van der Waals surface area contributed by atoms with Crippen molar-refractivity contribution in [2.45, 2.75) is 51.5 Å². The van der Waals surface area contributed by atoms with Gasteiger partial charge in [-0.15, -0.1) is 0 Å². The van der Waals surface area contributed by atoms with Crippen molar-refractivity contribution in [3.05, 3.63) is 46.0 Å². The third-order valence-corrected chi connectivity index (χ3v) is 3.07. The van der Waals surface area contributed by atoms with E-state index in [4.69, 9.17) is 9.47 Å². The average molecular weight is 368 g/mol. The molecule has 0 saturated carbocycles. The minimum Gasteiger partial charge on any atom is -0.459 e. The van der Waals surface area contributed by atoms with Crippen LogP contribution in [-0.2, 0) is 20.9 Å². The fraction of sp³-hybridized carbons (Fsp3) is 0.529. The van der Waals surface area contributed by atoms with Crippen LogP contribution in [0.3, 0.4) is 0 Å². The molecule has 0 saturated heterocycles. The van der Waals surface area contributed by atoms with Gasteiger partial charge in [0.1, 0.15) is 24.4 Å². The lowest BCUT2D eigenvalue weighted by Gasteiger charge is -2.23. The highest BCUT2D eigenvalue weighted by atomic mass is 16.6. The van der Waals surface area contributed by atoms with Gasteiger partial charge >= 0.3 is 12.1 Å². The van der Waals surface area contributed by atoms with Gasteiger partial charge in [0.25, 0.3) is 0 Å². The second kappa shape index (κ2) is 9.71. The molecule has 0 bridgehead atoms. The van der Waals surface area contributed by atoms with E-state index in [1.54, 1.807) is 45.0 Å². The largest absolute Gasteiger partial charge is 0.459 e. The summed E-state index contributed by atoms with van der Waals surface area (Å²) in [6, 6.07) is 7.60. The van der Waals surface area contributed by atoms with E-state index in [9.17, 15) is 24.8 Å². The summed E-state index contributed by atoms with van der Waals surface area (Å²) in [6.07, 6.45) is -2.67. The maximum Gasteiger partial charge on any atom is 0.408 e. The van der Waals surface area contributed by atoms with Crippen molar-refractivity contribution in [3.8, 4) is 0 Å². The van der Waals surface area contributed by atoms with E-state index in [0.717, 1.165) is 5.56 Å². The molecule has 1 aromatic carbocycles. The summed E-state index contributed by atoms with van der Waals surface area (Å²) in [7, 11) is 0. The van der Waals surface area contributed by atoms with Crippen LogP contribution >= 0.6 is 0 Å². The van der Waals surface area contributed by atoms with Gasteiger partial charge in [-0.1, -0.05) is 30.3 Å². The van der Waals surface area contributed by atoms with E-state index in [1.807, 2.05) is 6.07 Å². The molecule has 0 aromatic heterocycles. The SMILES string of the molecule is CC(C)(C)OC(=O)NC(CC(O)C[N+](=O)[O-])C(=O)OCc1ccccc1. The highest BCUT2D eigenvalue weighted by molar-refractivity contribution is 5.81. The zero-order chi connectivity index (χ0) is 19.7. The molecule has 2 atom stereocenters. The fourth-order valence-corrected chi connectivity index (χ4v) is 2.01. The average Bonchev–Trinajstić information content (AvgIpc) is 2.50. The quantitative estimate of drug-likeness (QED) is 0.405. The number of esters is 1. The van der Waals surface area contributed by atoms with Crippen molar-refractivity contribution < 1.29 is 29.1 Å². The van der Waals surface area contributed by atoms with E-state index in [0.29, 0.717) is 0 Å². The van der Waals surface area contributed by atoms with Crippen molar-refractivity contribution >= 4 is 12.1 Å². The molecule has 0 spiro atoms. The van der Waals surface area contributed by atoms with Gasteiger partial charge in [0.15, 0.2) is 0 Å². The predicted octanol–water partition coefficient (Wildman–Crippen LogP) is 1.65. The molecule has 2 unspecified atom stereocenters. The number of aliphatic hydroxyl groups excluding tert-OH is 1. The minimum absolute atomic E-state index is 0.0303. The number of ether oxygens (including phenoxy) is 2. The Labute approximate surface area is 151 Å². The number of amides is 1. The third kappa shape index (κ3) is 8.97. The second-order valence-electron chi connectivity index (χ2n) is 6.70. The number of hydrogen-bond donors (Lipinski definition) is 2. The fourth-order valence-electron chi connectivity index (χ4n) is 2.01. The maximum atomic E-state index is 12.3. The summed E-state index contributed by atoms with van der Waals surface area (Å²) in [6.45, 7) is 4.17. The standard InChI is InChI=1S/C17H24N2O7/c1-17(2,3)26-16(22)18-14(9-13(20)10-19(23)24)15(21)25-11-12-7-5-4-6-8-12/h4-8,13-14,20H,9-11H2,1-3H3,(H,18,22). The zero-order valence-electron chi connectivity index (χ0n) is 15.0. The van der Waals surface area contributed by atoms with Crippen LogP contribution in [0.4, 0.5) is 4.79 Å². The molecule has 0 heterocycles. The number of nitro groups is 1. The van der Waals surface area contributed by atoms with Crippen LogP contribution in [0.15, 0.2) is 30.3 Å². The topological polar surface area (TPSA) is 128 Å². The van der Waals surface area contributed by atoms with Crippen molar-refractivity contribution in [1.82, 2.24) is 5.32 Å². The van der Waals surface area contributed by atoms with Crippen molar-refractivity contribution in [3.63, 3.8) is 0 Å². The number of carbonyl (C=O) groups is 2. The Kier molecular flexibility index (Phi) is 7.98. The van der Waals surface area contributed by atoms with Gasteiger partial charge in [-0.3, -0.25) is 10.1 Å². The first-order valence-electron chi connectivity index (χ1n) is 8.07. The van der Waals surface area contributed by atoms with E-state index < -0.39 is 41.3 Å². The van der Waals surface area contributed by atoms with Gasteiger partial charge in [-0.05, 0) is 26.3 Å². The van der Waals surface area contributed by atoms with Crippen LogP contribution in [0.25, 0.3) is 0 Å². The molecule has 9 nitrogen and oxygen atoms in total. The first-order chi connectivity index (χ1) is 12.1. The lowest BCUT2D eigenvalue weighted by Crippen LogP contribution is -2.46. The second-order valence-corrected chi connectivity index (χ2v) is 6.70. The van der Waals surface area contributed by atoms with Gasteiger partial charge in [0.2, 0.25) is 6.54 Å². The van der Waals surface area contributed by atoms with E-state index in [2.05, 4.69) is 5.32 Å². The Morgan fingerprint density at radius 1 is 1.27 bits per heavy atom. The number of aliphatic hydroxyl groups is 1. The normalized spacial score (nSPS) is 13.4. The number of nitrogens with zero attached hydrogens (tertiary/aromatic N) is 1. The molecule has 2 N–H and O–H groups in total. The number of benzene rings is 1. The Balaban J connectivity index is 2.72. The van der Waals surface area contributed by atoms with E-state index >= 15 is 0 Å². The Bertz CT molecular complexity index is 613. The van der Waals surface area contributed by atoms with E-state index in [1.165, 1.54) is 0 Å². The number of alkyl carbamates (subject to hydrolysis) is 1. The predicted molar refractivity (Wildman–Crippen MR) is 91.9 cm³/mol. The summed E-state index contributed by atoms with van der Waals surface area (Å²) in [5.41, 5.74) is -0.0510. The van der Waals surface area contributed by atoms with Gasteiger partial charge in [0, 0.05) is 11.3 Å². The van der Waals surface area contributed by atoms with Crippen LogP contribution in [0.5, 0.6) is 0 Å². The van der Waals surface area contributed by atoms with Crippen LogP contribution in [0.1, 0.15) is 32.8 Å². The summed E-state index contributed by atoms with van der Waals surface area (Å²) in [5, 5.41) is 22.5. The van der Waals surface area contributed by atoms with Gasteiger partial charge in [-0.25, -0.2) is 9.59 Å². The van der Waals surface area contributed by atoms with Gasteiger partial charge in [-0.2, -0.15) is 0 Å². The minimum atomic E-state index is -1.42. The summed E-state index contributed by atoms with van der Waals surface area (Å²) in [5.74, 6) is -0.817. The monoisotopic (exact) mass is 368 g/mol. The van der Waals surface area contributed by atoms with Gasteiger partial charge < -0.3 is 19.9 Å². The van der Waals surface area contributed by atoms with Crippen LogP contribution in [-0.4, -0.2) is 46.4 Å². The number of hydrogen-bond acceptors (Lipinski definition) is 7. The maximum absolute atomic E-state index is 12.3. The van der Waals surface area contributed by atoms with Crippen LogP contribution in [0, 0.1) is 10.1 Å². The molecular formula is C17H24N2O7. The number of rotatable bonds is 8. The highest BCUT2D eigenvalue weighted by Gasteiger charge is 2.29. The Hall–Kier alpha value is -2.68. The molecule has 9 heteroatoms. The number of nitrogens with one attached hydrogen (secondary N) is 1. The van der Waals surface area contributed by atoms with Crippen LogP contribution < -0.4 is 5.32 Å².